The molecule has 134 valence electrons. The van der Waals surface area contributed by atoms with Gasteiger partial charge >= 0.3 is 12.0 Å². The van der Waals surface area contributed by atoms with Crippen molar-refractivity contribution in [1.29, 1.82) is 0 Å². The molecule has 6 heteroatoms. The Morgan fingerprint density at radius 3 is 2.64 bits per heavy atom. The van der Waals surface area contributed by atoms with Crippen LogP contribution >= 0.6 is 0 Å². The Morgan fingerprint density at radius 2 is 1.96 bits per heavy atom. The van der Waals surface area contributed by atoms with E-state index in [4.69, 9.17) is 4.74 Å². The van der Waals surface area contributed by atoms with Crippen LogP contribution in [0.2, 0.25) is 0 Å². The third kappa shape index (κ3) is 4.20. The maximum Gasteiger partial charge on any atom is 0.338 e. The highest BCUT2D eigenvalue weighted by Gasteiger charge is 2.33. The van der Waals surface area contributed by atoms with Crippen LogP contribution in [0.1, 0.15) is 44.2 Å². The highest BCUT2D eigenvalue weighted by Crippen LogP contribution is 2.28. The molecule has 0 aromatic heterocycles. The van der Waals surface area contributed by atoms with Gasteiger partial charge in [-0.3, -0.25) is 0 Å². The van der Waals surface area contributed by atoms with E-state index >= 15 is 0 Å². The lowest BCUT2D eigenvalue weighted by molar-refractivity contribution is -0.139. The van der Waals surface area contributed by atoms with Gasteiger partial charge < -0.3 is 20.7 Å². The van der Waals surface area contributed by atoms with Crippen LogP contribution in [0.25, 0.3) is 0 Å². The molecule has 0 saturated heterocycles. The normalized spacial score (nSPS) is 21.0. The Labute approximate surface area is 148 Å². The number of carbonyl (C=O) groups is 2. The molecule has 1 atom stereocenters. The van der Waals surface area contributed by atoms with Crippen LogP contribution in [-0.2, 0) is 9.53 Å². The molecule has 6 nitrogen and oxygen atoms in total. The summed E-state index contributed by atoms with van der Waals surface area (Å²) in [6, 6.07) is 9.13. The maximum atomic E-state index is 12.6. The first kappa shape index (κ1) is 17.5. The van der Waals surface area contributed by atoms with Gasteiger partial charge in [0.2, 0.25) is 0 Å². The molecule has 1 fully saturated rings. The molecule has 0 radical (unpaired) electrons. The van der Waals surface area contributed by atoms with E-state index in [2.05, 4.69) is 16.0 Å². The summed E-state index contributed by atoms with van der Waals surface area (Å²) in [6.07, 6.45) is 4.72. The number of benzene rings is 1. The summed E-state index contributed by atoms with van der Waals surface area (Å²) in [7, 11) is 0. The van der Waals surface area contributed by atoms with Crippen molar-refractivity contribution in [2.75, 3.05) is 13.2 Å². The number of rotatable bonds is 6. The summed E-state index contributed by atoms with van der Waals surface area (Å²) in [6.45, 7) is 2.53. The van der Waals surface area contributed by atoms with Crippen LogP contribution in [0, 0.1) is 0 Å². The van der Waals surface area contributed by atoms with Gasteiger partial charge in [-0.2, -0.15) is 0 Å². The molecule has 1 aromatic rings. The van der Waals surface area contributed by atoms with Gasteiger partial charge in [-0.1, -0.05) is 43.2 Å². The number of nitrogens with one attached hydrogen (secondary N) is 3. The van der Waals surface area contributed by atoms with Gasteiger partial charge in [-0.05, 0) is 25.3 Å². The Hall–Kier alpha value is -2.34. The van der Waals surface area contributed by atoms with Gasteiger partial charge in [-0.15, -0.1) is 0 Å². The lowest BCUT2D eigenvalue weighted by Crippen LogP contribution is -2.48. The zero-order chi connectivity index (χ0) is 17.6. The number of hydrogen-bond acceptors (Lipinski definition) is 4. The summed E-state index contributed by atoms with van der Waals surface area (Å²) >= 11 is 0. The number of ether oxygens (including phenoxy) is 1. The number of amides is 2. The van der Waals surface area contributed by atoms with Crippen molar-refractivity contribution in [3.05, 3.63) is 47.2 Å². The summed E-state index contributed by atoms with van der Waals surface area (Å²) in [4.78, 5) is 24.7. The Balaban J connectivity index is 1.90. The van der Waals surface area contributed by atoms with E-state index in [1.807, 2.05) is 30.3 Å². The molecule has 1 aliphatic heterocycles. The first-order valence-electron chi connectivity index (χ1n) is 8.95. The fourth-order valence-electron chi connectivity index (χ4n) is 3.48. The monoisotopic (exact) mass is 343 g/mol. The van der Waals surface area contributed by atoms with Crippen LogP contribution in [-0.4, -0.2) is 31.2 Å². The molecule has 3 N–H and O–H groups in total. The third-order valence-corrected chi connectivity index (χ3v) is 4.70. The SMILES string of the molecule is CCOC(=O)C1=C(CNC2CCCC2)NC(=O)NC1c1ccccc1. The van der Waals surface area contributed by atoms with Crippen molar-refractivity contribution in [2.45, 2.75) is 44.7 Å². The minimum absolute atomic E-state index is 0.293. The Bertz CT molecular complexity index is 651. The molecule has 25 heavy (non-hydrogen) atoms. The lowest BCUT2D eigenvalue weighted by atomic mass is 9.95. The fourth-order valence-corrected chi connectivity index (χ4v) is 3.48. The first-order chi connectivity index (χ1) is 12.2. The average molecular weight is 343 g/mol. The minimum atomic E-state index is -0.505. The highest BCUT2D eigenvalue weighted by atomic mass is 16.5. The second-order valence-electron chi connectivity index (χ2n) is 6.42. The zero-order valence-corrected chi connectivity index (χ0v) is 14.5. The molecular weight excluding hydrogens is 318 g/mol. The first-order valence-corrected chi connectivity index (χ1v) is 8.95. The summed E-state index contributed by atoms with van der Waals surface area (Å²) in [5.74, 6) is -0.396. The Kier molecular flexibility index (Phi) is 5.71. The maximum absolute atomic E-state index is 12.6. The second kappa shape index (κ2) is 8.16. The predicted molar refractivity (Wildman–Crippen MR) is 94.8 cm³/mol. The van der Waals surface area contributed by atoms with Crippen molar-refractivity contribution in [2.24, 2.45) is 0 Å². The summed E-state index contributed by atoms with van der Waals surface area (Å²) in [5, 5.41) is 9.10. The van der Waals surface area contributed by atoms with Crippen LogP contribution in [0.15, 0.2) is 41.6 Å². The van der Waals surface area contributed by atoms with E-state index in [1.165, 1.54) is 12.8 Å². The van der Waals surface area contributed by atoms with Crippen LogP contribution in [0.3, 0.4) is 0 Å². The number of urea groups is 1. The number of carbonyl (C=O) groups excluding carboxylic acids is 2. The Morgan fingerprint density at radius 1 is 1.24 bits per heavy atom. The molecular formula is C19H25N3O3. The average Bonchev–Trinajstić information content (AvgIpc) is 3.14. The van der Waals surface area contributed by atoms with Crippen molar-refractivity contribution >= 4 is 12.0 Å². The van der Waals surface area contributed by atoms with E-state index < -0.39 is 12.0 Å². The fraction of sp³-hybridized carbons (Fsp3) is 0.474. The molecule has 1 aliphatic carbocycles. The highest BCUT2D eigenvalue weighted by molar-refractivity contribution is 5.95. The van der Waals surface area contributed by atoms with Gasteiger partial charge in [0, 0.05) is 18.3 Å². The molecule has 2 aliphatic rings. The van der Waals surface area contributed by atoms with Crippen molar-refractivity contribution < 1.29 is 14.3 Å². The molecule has 1 saturated carbocycles. The standard InChI is InChI=1S/C19H25N3O3/c1-2-25-18(23)16-15(12-20-14-10-6-7-11-14)21-19(24)22-17(16)13-8-4-3-5-9-13/h3-5,8-9,14,17,20H,2,6-7,10-12H2,1H3,(H2,21,22,24). The quantitative estimate of drug-likeness (QED) is 0.693. The minimum Gasteiger partial charge on any atom is -0.463 e. The van der Waals surface area contributed by atoms with E-state index in [9.17, 15) is 9.59 Å². The molecule has 0 bridgehead atoms. The van der Waals surface area contributed by atoms with Gasteiger partial charge in [0.25, 0.3) is 0 Å². The van der Waals surface area contributed by atoms with E-state index in [1.54, 1.807) is 6.92 Å². The second-order valence-corrected chi connectivity index (χ2v) is 6.42. The van der Waals surface area contributed by atoms with Gasteiger partial charge in [0.05, 0.1) is 18.2 Å². The zero-order valence-electron chi connectivity index (χ0n) is 14.5. The number of esters is 1. The van der Waals surface area contributed by atoms with E-state index in [0.29, 0.717) is 30.5 Å². The lowest BCUT2D eigenvalue weighted by Gasteiger charge is -2.30. The third-order valence-electron chi connectivity index (χ3n) is 4.70. The molecule has 0 spiro atoms. The van der Waals surface area contributed by atoms with Crippen LogP contribution < -0.4 is 16.0 Å². The van der Waals surface area contributed by atoms with Crippen molar-refractivity contribution in [3.63, 3.8) is 0 Å². The predicted octanol–water partition coefficient (Wildman–Crippen LogP) is 2.39. The summed E-state index contributed by atoms with van der Waals surface area (Å²) in [5.41, 5.74) is 1.93. The number of hydrogen-bond donors (Lipinski definition) is 3. The van der Waals surface area contributed by atoms with Gasteiger partial charge in [0.1, 0.15) is 0 Å². The van der Waals surface area contributed by atoms with E-state index in [0.717, 1.165) is 18.4 Å². The van der Waals surface area contributed by atoms with Gasteiger partial charge in [0.15, 0.2) is 0 Å². The molecule has 1 aromatic carbocycles. The van der Waals surface area contributed by atoms with Crippen LogP contribution in [0.4, 0.5) is 4.79 Å². The largest absolute Gasteiger partial charge is 0.463 e. The van der Waals surface area contributed by atoms with Crippen LogP contribution in [0.5, 0.6) is 0 Å². The molecule has 1 heterocycles. The van der Waals surface area contributed by atoms with E-state index in [-0.39, 0.29) is 6.03 Å². The topological polar surface area (TPSA) is 79.5 Å². The molecule has 1 unspecified atom stereocenters. The molecule has 2 amide bonds. The van der Waals surface area contributed by atoms with Crippen molar-refractivity contribution in [3.8, 4) is 0 Å². The summed E-state index contributed by atoms with van der Waals surface area (Å²) < 4.78 is 5.25. The molecule has 3 rings (SSSR count). The van der Waals surface area contributed by atoms with Crippen molar-refractivity contribution in [1.82, 2.24) is 16.0 Å². The van der Waals surface area contributed by atoms with Gasteiger partial charge in [-0.25, -0.2) is 9.59 Å². The smallest absolute Gasteiger partial charge is 0.338 e.